The van der Waals surface area contributed by atoms with Gasteiger partial charge in [-0.25, -0.2) is 0 Å². The van der Waals surface area contributed by atoms with Crippen LogP contribution >= 0.6 is 0 Å². The van der Waals surface area contributed by atoms with Gasteiger partial charge in [0.05, 0.1) is 19.3 Å². The quantitative estimate of drug-likeness (QED) is 0.0308. The number of morpholine rings is 1. The molecule has 368 valence electrons. The first-order valence-corrected chi connectivity index (χ1v) is 26.3. The normalized spacial score (nSPS) is 14.3. The topological polar surface area (TPSA) is 136 Å². The van der Waals surface area contributed by atoms with Crippen molar-refractivity contribution in [1.29, 1.82) is 0 Å². The van der Waals surface area contributed by atoms with Gasteiger partial charge in [-0.05, 0) is 58.3 Å². The summed E-state index contributed by atoms with van der Waals surface area (Å²) in [6.45, 7) is 17.2. The summed E-state index contributed by atoms with van der Waals surface area (Å²) in [6.07, 6.45) is 44.5. The Hall–Kier alpha value is -1.88. The molecule has 0 saturated carbocycles. The van der Waals surface area contributed by atoms with Crippen molar-refractivity contribution in [2.45, 2.75) is 252 Å². The predicted molar refractivity (Wildman–Crippen MR) is 261 cm³/mol. The Kier molecular flexibility index (Phi) is 50.3. The second-order valence-corrected chi connectivity index (χ2v) is 18.2. The van der Waals surface area contributed by atoms with Crippen molar-refractivity contribution in [3.05, 3.63) is 0 Å². The Labute approximate surface area is 383 Å². The van der Waals surface area contributed by atoms with Crippen LogP contribution in [0, 0.1) is 5.92 Å². The summed E-state index contributed by atoms with van der Waals surface area (Å²) < 4.78 is 5.54. The van der Waals surface area contributed by atoms with Crippen LogP contribution in [0.3, 0.4) is 0 Å². The Bertz CT molecular complexity index is 959. The number of carbonyl (C=O) groups is 4. The maximum absolute atomic E-state index is 13.0. The van der Waals surface area contributed by atoms with E-state index < -0.39 is 6.04 Å². The van der Waals surface area contributed by atoms with Gasteiger partial charge in [0.2, 0.25) is 5.78 Å². The van der Waals surface area contributed by atoms with Gasteiger partial charge in [-0.2, -0.15) is 0 Å². The number of carboxylic acid groups (broad SMARTS) is 2. The third-order valence-electron chi connectivity index (χ3n) is 12.8. The van der Waals surface area contributed by atoms with Crippen LogP contribution in [0.25, 0.3) is 0 Å². The number of ether oxygens (including phenoxy) is 1. The standard InChI is InChI=1S/C50H99N3O3.2CH2O2/c1-6-9-12-15-16-17-18-19-20-21-22-23-27-32-39-52(41-34-38-51-49(50(55)47(5)54)46(4)53-42-44-56-45-43-53)40-33-28-24-26-31-37-48(35-29-14-11-8-3)36-30-25-13-10-7-2;2*2-1-3/h46,48-49,51H,6-45H2,1-5H3;2*1H,(H,2,3). The molecule has 1 aliphatic heterocycles. The summed E-state index contributed by atoms with van der Waals surface area (Å²) in [4.78, 5) is 46.9. The van der Waals surface area contributed by atoms with Crippen molar-refractivity contribution in [2.24, 2.45) is 5.92 Å². The molecule has 0 aliphatic carbocycles. The zero-order valence-corrected chi connectivity index (χ0v) is 41.5. The molecular weight excluding hydrogens is 779 g/mol. The highest BCUT2D eigenvalue weighted by Crippen LogP contribution is 2.24. The van der Waals surface area contributed by atoms with E-state index in [4.69, 9.17) is 24.5 Å². The van der Waals surface area contributed by atoms with Crippen molar-refractivity contribution in [3.63, 3.8) is 0 Å². The lowest BCUT2D eigenvalue weighted by atomic mass is 9.89. The van der Waals surface area contributed by atoms with Crippen LogP contribution in [0.5, 0.6) is 0 Å². The monoisotopic (exact) mass is 882 g/mol. The zero-order valence-electron chi connectivity index (χ0n) is 41.5. The van der Waals surface area contributed by atoms with Gasteiger partial charge in [0.1, 0.15) is 0 Å². The maximum Gasteiger partial charge on any atom is 0.290 e. The lowest BCUT2D eigenvalue weighted by Crippen LogP contribution is -2.56. The minimum Gasteiger partial charge on any atom is -0.483 e. The van der Waals surface area contributed by atoms with Crippen LogP contribution in [-0.4, -0.2) is 109 Å². The van der Waals surface area contributed by atoms with E-state index in [2.05, 4.69) is 42.8 Å². The van der Waals surface area contributed by atoms with E-state index in [1.54, 1.807) is 0 Å². The van der Waals surface area contributed by atoms with Crippen LogP contribution in [0.1, 0.15) is 240 Å². The van der Waals surface area contributed by atoms with Crippen molar-refractivity contribution in [3.8, 4) is 0 Å². The van der Waals surface area contributed by atoms with Crippen molar-refractivity contribution in [2.75, 3.05) is 52.5 Å². The summed E-state index contributed by atoms with van der Waals surface area (Å²) >= 11 is 0. The molecule has 3 unspecified atom stereocenters. The first-order valence-electron chi connectivity index (χ1n) is 26.3. The van der Waals surface area contributed by atoms with Gasteiger partial charge in [-0.15, -0.1) is 0 Å². The summed E-state index contributed by atoms with van der Waals surface area (Å²) in [5.41, 5.74) is 0. The summed E-state index contributed by atoms with van der Waals surface area (Å²) in [5, 5.41) is 17.3. The smallest absolute Gasteiger partial charge is 0.290 e. The third-order valence-corrected chi connectivity index (χ3v) is 12.8. The Morgan fingerprint density at radius 3 is 1.26 bits per heavy atom. The lowest BCUT2D eigenvalue weighted by molar-refractivity contribution is -0.137. The number of nitrogens with one attached hydrogen (secondary N) is 1. The molecule has 1 heterocycles. The number of rotatable bonds is 43. The molecule has 0 spiro atoms. The second kappa shape index (κ2) is 50.1. The number of Topliss-reactive ketones (excluding diaryl/α,β-unsaturated/α-hetero) is 2. The number of carbonyl (C=O) groups excluding carboxylic acids is 2. The molecule has 1 rings (SSSR count). The molecule has 0 bridgehead atoms. The highest BCUT2D eigenvalue weighted by Gasteiger charge is 2.32. The van der Waals surface area contributed by atoms with Crippen molar-refractivity contribution in [1.82, 2.24) is 15.1 Å². The van der Waals surface area contributed by atoms with Gasteiger partial charge in [0.15, 0.2) is 5.78 Å². The van der Waals surface area contributed by atoms with Gasteiger partial charge in [-0.3, -0.25) is 24.1 Å². The fourth-order valence-electron chi connectivity index (χ4n) is 8.95. The van der Waals surface area contributed by atoms with Crippen LogP contribution in [-0.2, 0) is 23.9 Å². The molecule has 10 heteroatoms. The van der Waals surface area contributed by atoms with Gasteiger partial charge < -0.3 is 25.2 Å². The molecule has 1 fully saturated rings. The molecule has 0 radical (unpaired) electrons. The van der Waals surface area contributed by atoms with Crippen LogP contribution in [0.4, 0.5) is 0 Å². The van der Waals surface area contributed by atoms with Crippen molar-refractivity contribution >= 4 is 24.5 Å². The van der Waals surface area contributed by atoms with Gasteiger partial charge >= 0.3 is 0 Å². The SMILES string of the molecule is CCCCCCCCCCCCCCCCN(CCCCCCCC(CCCCCC)CCCCCCC)CCCNC(C(=O)C(C)=O)C(C)N1CCOCC1.O=CO.O=CO. The summed E-state index contributed by atoms with van der Waals surface area (Å²) in [7, 11) is 0. The van der Waals surface area contributed by atoms with E-state index in [0.717, 1.165) is 38.5 Å². The molecule has 3 atom stereocenters. The van der Waals surface area contributed by atoms with Crippen LogP contribution < -0.4 is 5.32 Å². The minimum atomic E-state index is -0.443. The average Bonchev–Trinajstić information content (AvgIpc) is 3.27. The molecule has 1 saturated heterocycles. The summed E-state index contributed by atoms with van der Waals surface area (Å²) in [5.74, 6) is 0.342. The number of nitrogens with zero attached hydrogens (tertiary/aromatic N) is 2. The molecule has 1 aliphatic rings. The Morgan fingerprint density at radius 1 is 0.565 bits per heavy atom. The fourth-order valence-corrected chi connectivity index (χ4v) is 8.95. The van der Waals surface area contributed by atoms with E-state index in [-0.39, 0.29) is 30.6 Å². The van der Waals surface area contributed by atoms with Crippen LogP contribution in [0.15, 0.2) is 0 Å². The van der Waals surface area contributed by atoms with E-state index in [1.165, 1.54) is 219 Å². The van der Waals surface area contributed by atoms with Crippen molar-refractivity contribution < 1.29 is 34.1 Å². The highest BCUT2D eigenvalue weighted by atomic mass is 16.5. The van der Waals surface area contributed by atoms with Crippen LogP contribution in [0.2, 0.25) is 0 Å². The largest absolute Gasteiger partial charge is 0.483 e. The molecular formula is C52H103N3O7. The lowest BCUT2D eigenvalue weighted by Gasteiger charge is -2.36. The molecule has 0 amide bonds. The first-order chi connectivity index (χ1) is 30.3. The van der Waals surface area contributed by atoms with E-state index in [9.17, 15) is 9.59 Å². The average molecular weight is 882 g/mol. The van der Waals surface area contributed by atoms with E-state index >= 15 is 0 Å². The maximum atomic E-state index is 13.0. The van der Waals surface area contributed by atoms with E-state index in [1.807, 2.05) is 0 Å². The molecule has 3 N–H and O–H groups in total. The third kappa shape index (κ3) is 40.9. The molecule has 0 aromatic rings. The molecule has 0 aromatic heterocycles. The molecule has 62 heavy (non-hydrogen) atoms. The molecule has 10 nitrogen and oxygen atoms in total. The highest BCUT2D eigenvalue weighted by molar-refractivity contribution is 6.38. The van der Waals surface area contributed by atoms with Gasteiger partial charge in [-0.1, -0.05) is 207 Å². The van der Waals surface area contributed by atoms with Gasteiger partial charge in [0.25, 0.3) is 12.9 Å². The number of unbranched alkanes of at least 4 members (excludes halogenated alkanes) is 24. The molecule has 0 aromatic carbocycles. The van der Waals surface area contributed by atoms with E-state index in [0.29, 0.717) is 13.2 Å². The number of ketones is 2. The van der Waals surface area contributed by atoms with Gasteiger partial charge in [0, 0.05) is 26.1 Å². The zero-order chi connectivity index (χ0) is 46.2. The number of hydrogen-bond acceptors (Lipinski definition) is 8. The summed E-state index contributed by atoms with van der Waals surface area (Å²) in [6, 6.07) is -0.453. The first kappa shape index (κ1) is 62.2. The predicted octanol–water partition coefficient (Wildman–Crippen LogP) is 12.7. The number of hydrogen-bond donors (Lipinski definition) is 3. The minimum absolute atomic E-state index is 0.0101. The Morgan fingerprint density at radius 2 is 0.887 bits per heavy atom. The Balaban J connectivity index is 0. The second-order valence-electron chi connectivity index (χ2n) is 18.2. The fraction of sp³-hybridized carbons (Fsp3) is 0.923.